The first-order valence-electron chi connectivity index (χ1n) is 9.15. The topological polar surface area (TPSA) is 65.8 Å². The minimum Gasteiger partial charge on any atom is -0.506 e. The number of aliphatic hydroxyl groups is 1. The number of likely N-dealkylation sites (tertiary alicyclic amines) is 1. The number of aromatic nitrogens is 1. The first kappa shape index (κ1) is 18.1. The third-order valence-electron chi connectivity index (χ3n) is 5.51. The minimum absolute atomic E-state index is 0.0641. The molecule has 2 N–H and O–H groups in total. The largest absolute Gasteiger partial charge is 0.506 e. The molecule has 7 heteroatoms. The van der Waals surface area contributed by atoms with Gasteiger partial charge in [0.15, 0.2) is 11.6 Å². The second-order valence-electron chi connectivity index (χ2n) is 7.48. The fraction of sp³-hybridized carbons (Fsp3) is 0.450. The van der Waals surface area contributed by atoms with Crippen molar-refractivity contribution in [1.82, 2.24) is 9.88 Å². The molecule has 0 amide bonds. The lowest BCUT2D eigenvalue weighted by molar-refractivity contribution is 0.112. The first-order valence-corrected chi connectivity index (χ1v) is 9.15. The second kappa shape index (κ2) is 7.40. The van der Waals surface area contributed by atoms with E-state index in [9.17, 15) is 19.0 Å². The summed E-state index contributed by atoms with van der Waals surface area (Å²) in [7, 11) is 0. The lowest BCUT2D eigenvalue weighted by Gasteiger charge is -2.22. The molecule has 0 radical (unpaired) electrons. The molecular weight excluding hydrogens is 354 g/mol. The molecule has 0 unspecified atom stereocenters. The van der Waals surface area contributed by atoms with E-state index in [1.165, 1.54) is 24.4 Å². The van der Waals surface area contributed by atoms with Gasteiger partial charge in [-0.2, -0.15) is 0 Å². The molecule has 2 heterocycles. The molecule has 1 aliphatic heterocycles. The summed E-state index contributed by atoms with van der Waals surface area (Å²) >= 11 is 0. The Morgan fingerprint density at radius 2 is 1.89 bits per heavy atom. The van der Waals surface area contributed by atoms with Gasteiger partial charge in [-0.1, -0.05) is 0 Å². The molecular formula is C20H22F2N2O3. The van der Waals surface area contributed by atoms with E-state index in [0.717, 1.165) is 32.0 Å². The monoisotopic (exact) mass is 376 g/mol. The van der Waals surface area contributed by atoms with Crippen LogP contribution in [0, 0.1) is 23.5 Å². The van der Waals surface area contributed by atoms with Crippen molar-refractivity contribution in [2.45, 2.75) is 25.0 Å². The van der Waals surface area contributed by atoms with E-state index in [-0.39, 0.29) is 17.6 Å². The predicted molar refractivity (Wildman–Crippen MR) is 94.3 cm³/mol. The van der Waals surface area contributed by atoms with Crippen LogP contribution in [0.2, 0.25) is 0 Å². The van der Waals surface area contributed by atoms with Crippen LogP contribution in [0.25, 0.3) is 0 Å². The predicted octanol–water partition coefficient (Wildman–Crippen LogP) is 2.89. The molecule has 0 bridgehead atoms. The molecule has 2 aliphatic rings. The van der Waals surface area contributed by atoms with Crippen molar-refractivity contribution in [3.8, 4) is 11.5 Å². The lowest BCUT2D eigenvalue weighted by atomic mass is 10.0. The number of halogens is 2. The number of ether oxygens (including phenoxy) is 1. The summed E-state index contributed by atoms with van der Waals surface area (Å²) in [6.07, 6.45) is 2.21. The number of β-amino-alcohol motifs (C(OH)–C–C–N with tert-alkyl or cyclic N) is 1. The van der Waals surface area contributed by atoms with E-state index in [1.807, 2.05) is 0 Å². The molecule has 0 spiro atoms. The fourth-order valence-corrected chi connectivity index (χ4v) is 4.27. The Morgan fingerprint density at radius 1 is 1.15 bits per heavy atom. The van der Waals surface area contributed by atoms with E-state index in [2.05, 4.69) is 9.88 Å². The zero-order valence-corrected chi connectivity index (χ0v) is 14.8. The van der Waals surface area contributed by atoms with Crippen LogP contribution in [0.1, 0.15) is 24.6 Å². The Morgan fingerprint density at radius 3 is 2.52 bits per heavy atom. The van der Waals surface area contributed by atoms with Crippen molar-refractivity contribution in [2.24, 2.45) is 11.8 Å². The Bertz CT molecular complexity index is 788. The summed E-state index contributed by atoms with van der Waals surface area (Å²) in [5.74, 6) is -0.215. The van der Waals surface area contributed by atoms with E-state index in [0.29, 0.717) is 24.1 Å². The molecule has 27 heavy (non-hydrogen) atoms. The van der Waals surface area contributed by atoms with Gasteiger partial charge in [0.2, 0.25) is 0 Å². The van der Waals surface area contributed by atoms with Crippen molar-refractivity contribution < 1.29 is 23.7 Å². The molecule has 4 rings (SSSR count). The van der Waals surface area contributed by atoms with Gasteiger partial charge in [-0.15, -0.1) is 0 Å². The number of aromatic hydroxyl groups is 1. The number of rotatable bonds is 5. The summed E-state index contributed by atoms with van der Waals surface area (Å²) in [5, 5.41) is 19.6. The molecule has 1 aliphatic carbocycles. The van der Waals surface area contributed by atoms with Crippen molar-refractivity contribution >= 4 is 0 Å². The third kappa shape index (κ3) is 4.04. The Kier molecular flexibility index (Phi) is 4.97. The van der Waals surface area contributed by atoms with Gasteiger partial charge in [0.05, 0.1) is 18.0 Å². The fourth-order valence-electron chi connectivity index (χ4n) is 4.27. The first-order chi connectivity index (χ1) is 13.0. The standard InChI is InChI=1S/C20H22F2N2O3/c21-14-1-4-20(17(22)7-14)27-16-5-12-9-24(10-13(12)6-16)11-19(26)18-3-2-15(25)8-23-18/h1-4,7-8,12-13,16,19,25-26H,5-6,9-11H2/t12-,13+,16+,19-/m0/s1. The summed E-state index contributed by atoms with van der Waals surface area (Å²) in [5.41, 5.74) is 0.540. The number of hydrogen-bond donors (Lipinski definition) is 2. The van der Waals surface area contributed by atoms with Crippen LogP contribution in [0.5, 0.6) is 11.5 Å². The van der Waals surface area contributed by atoms with Crippen molar-refractivity contribution in [2.75, 3.05) is 19.6 Å². The second-order valence-corrected chi connectivity index (χ2v) is 7.48. The van der Waals surface area contributed by atoms with Crippen molar-refractivity contribution in [3.63, 3.8) is 0 Å². The molecule has 144 valence electrons. The maximum Gasteiger partial charge on any atom is 0.167 e. The SMILES string of the molecule is Oc1ccc([C@@H](O)CN2C[C@H]3C[C@H](Oc4ccc(F)cc4F)C[C@H]3C2)nc1. The quantitative estimate of drug-likeness (QED) is 0.840. The highest BCUT2D eigenvalue weighted by atomic mass is 19.1. The normalized spacial score (nSPS) is 26.1. The lowest BCUT2D eigenvalue weighted by Crippen LogP contribution is -2.29. The van der Waals surface area contributed by atoms with Crippen molar-refractivity contribution in [1.29, 1.82) is 0 Å². The highest BCUT2D eigenvalue weighted by Crippen LogP contribution is 2.40. The van der Waals surface area contributed by atoms with E-state index in [4.69, 9.17) is 4.74 Å². The highest BCUT2D eigenvalue weighted by Gasteiger charge is 2.42. The van der Waals surface area contributed by atoms with Gasteiger partial charge < -0.3 is 14.9 Å². The van der Waals surface area contributed by atoms with E-state index >= 15 is 0 Å². The Balaban J connectivity index is 1.29. The summed E-state index contributed by atoms with van der Waals surface area (Å²) in [6, 6.07) is 6.52. The number of nitrogens with zero attached hydrogens (tertiary/aromatic N) is 2. The number of aliphatic hydroxyl groups excluding tert-OH is 1. The van der Waals surface area contributed by atoms with Crippen LogP contribution in [-0.2, 0) is 0 Å². The minimum atomic E-state index is -0.704. The van der Waals surface area contributed by atoms with Crippen LogP contribution >= 0.6 is 0 Å². The zero-order valence-electron chi connectivity index (χ0n) is 14.8. The van der Waals surface area contributed by atoms with Crippen LogP contribution in [-0.4, -0.2) is 45.8 Å². The van der Waals surface area contributed by atoms with Crippen molar-refractivity contribution in [3.05, 3.63) is 53.9 Å². The molecule has 5 nitrogen and oxygen atoms in total. The smallest absolute Gasteiger partial charge is 0.167 e. The van der Waals surface area contributed by atoms with E-state index < -0.39 is 17.7 Å². The average molecular weight is 376 g/mol. The maximum atomic E-state index is 13.8. The number of hydrogen-bond acceptors (Lipinski definition) is 5. The van der Waals surface area contributed by atoms with Gasteiger partial charge in [-0.05, 0) is 48.9 Å². The Labute approximate surface area is 156 Å². The van der Waals surface area contributed by atoms with Gasteiger partial charge in [0, 0.05) is 25.7 Å². The molecule has 4 atom stereocenters. The summed E-state index contributed by atoms with van der Waals surface area (Å²) in [4.78, 5) is 6.27. The third-order valence-corrected chi connectivity index (χ3v) is 5.51. The van der Waals surface area contributed by atoms with Gasteiger partial charge >= 0.3 is 0 Å². The highest BCUT2D eigenvalue weighted by molar-refractivity contribution is 5.25. The Hall–Kier alpha value is -2.25. The summed E-state index contributed by atoms with van der Waals surface area (Å²) in [6.45, 7) is 2.19. The van der Waals surface area contributed by atoms with Gasteiger partial charge in [-0.3, -0.25) is 9.88 Å². The van der Waals surface area contributed by atoms with E-state index in [1.54, 1.807) is 6.07 Å². The molecule has 2 aromatic rings. The van der Waals surface area contributed by atoms with Crippen LogP contribution < -0.4 is 4.74 Å². The van der Waals surface area contributed by atoms with Gasteiger partial charge in [0.25, 0.3) is 0 Å². The van der Waals surface area contributed by atoms with Gasteiger partial charge in [0.1, 0.15) is 17.7 Å². The van der Waals surface area contributed by atoms with Crippen LogP contribution in [0.15, 0.2) is 36.5 Å². The average Bonchev–Trinajstić information content (AvgIpc) is 3.15. The molecule has 1 aromatic carbocycles. The molecule has 2 fully saturated rings. The van der Waals surface area contributed by atoms with Gasteiger partial charge in [-0.25, -0.2) is 8.78 Å². The maximum absolute atomic E-state index is 13.8. The molecule has 1 saturated carbocycles. The number of fused-ring (bicyclic) bond motifs is 1. The zero-order chi connectivity index (χ0) is 19.0. The van der Waals surface area contributed by atoms with Crippen LogP contribution in [0.3, 0.4) is 0 Å². The summed E-state index contributed by atoms with van der Waals surface area (Å²) < 4.78 is 32.5. The number of pyridine rings is 1. The number of benzene rings is 1. The molecule has 1 saturated heterocycles. The molecule has 1 aromatic heterocycles. The van der Waals surface area contributed by atoms with Crippen LogP contribution in [0.4, 0.5) is 8.78 Å².